The summed E-state index contributed by atoms with van der Waals surface area (Å²) < 4.78 is 4.64. The first-order valence-corrected chi connectivity index (χ1v) is 8.14. The number of esters is 1. The van der Waals surface area contributed by atoms with Gasteiger partial charge in [0.1, 0.15) is 5.69 Å². The molecule has 0 aliphatic rings. The van der Waals surface area contributed by atoms with E-state index in [1.165, 1.54) is 25.3 Å². The molecule has 0 aliphatic carbocycles. The van der Waals surface area contributed by atoms with E-state index in [4.69, 9.17) is 11.6 Å². The Morgan fingerprint density at radius 1 is 1.12 bits per heavy atom. The molecule has 1 heterocycles. The van der Waals surface area contributed by atoms with Crippen LogP contribution in [0.5, 0.6) is 0 Å². The molecule has 2 N–H and O–H groups in total. The van der Waals surface area contributed by atoms with Gasteiger partial charge in [0.2, 0.25) is 0 Å². The van der Waals surface area contributed by atoms with Gasteiger partial charge in [-0.25, -0.2) is 4.79 Å². The number of amides is 1. The van der Waals surface area contributed by atoms with Crippen LogP contribution in [0.25, 0.3) is 10.9 Å². The van der Waals surface area contributed by atoms with Gasteiger partial charge in [0.15, 0.2) is 5.43 Å². The summed E-state index contributed by atoms with van der Waals surface area (Å²) in [7, 11) is 1.27. The predicted molar refractivity (Wildman–Crippen MR) is 98.5 cm³/mol. The summed E-state index contributed by atoms with van der Waals surface area (Å²) in [6, 6.07) is 12.8. The van der Waals surface area contributed by atoms with Crippen molar-refractivity contribution in [3.8, 4) is 0 Å². The smallest absolute Gasteiger partial charge is 0.337 e. The van der Waals surface area contributed by atoms with Gasteiger partial charge < -0.3 is 15.0 Å². The number of carbonyl (C=O) groups excluding carboxylic acids is 2. The van der Waals surface area contributed by atoms with Gasteiger partial charge in [-0.15, -0.1) is 0 Å². The lowest BCUT2D eigenvalue weighted by atomic mass is 10.1. The molecule has 0 radical (unpaired) electrons. The predicted octanol–water partition coefficient (Wildman–Crippen LogP) is 2.90. The van der Waals surface area contributed by atoms with Crippen molar-refractivity contribution in [3.05, 3.63) is 80.6 Å². The van der Waals surface area contributed by atoms with Crippen LogP contribution in [0.1, 0.15) is 26.4 Å². The molecule has 0 spiro atoms. The zero-order valence-electron chi connectivity index (χ0n) is 13.8. The van der Waals surface area contributed by atoms with E-state index < -0.39 is 11.9 Å². The second kappa shape index (κ2) is 7.41. The molecule has 1 amide bonds. The van der Waals surface area contributed by atoms with Crippen molar-refractivity contribution >= 4 is 34.4 Å². The van der Waals surface area contributed by atoms with E-state index in [0.29, 0.717) is 22.5 Å². The number of rotatable bonds is 4. The maximum Gasteiger partial charge on any atom is 0.337 e. The fraction of sp³-hybridized carbons (Fsp3) is 0.105. The van der Waals surface area contributed by atoms with Crippen LogP contribution >= 0.6 is 11.6 Å². The Kier molecular flexibility index (Phi) is 5.04. The van der Waals surface area contributed by atoms with Crippen LogP contribution < -0.4 is 10.7 Å². The molecular formula is C19H15ClN2O4. The van der Waals surface area contributed by atoms with Gasteiger partial charge in [0, 0.05) is 28.5 Å². The number of ether oxygens (including phenoxy) is 1. The highest BCUT2D eigenvalue weighted by molar-refractivity contribution is 6.30. The Balaban J connectivity index is 1.83. The number of hydrogen-bond donors (Lipinski definition) is 2. The lowest BCUT2D eigenvalue weighted by Gasteiger charge is -2.07. The Morgan fingerprint density at radius 2 is 1.85 bits per heavy atom. The molecule has 6 nitrogen and oxygen atoms in total. The minimum absolute atomic E-state index is 0.141. The number of H-pyrrole nitrogens is 1. The van der Waals surface area contributed by atoms with E-state index in [0.717, 1.165) is 5.56 Å². The number of aromatic nitrogens is 1. The minimum Gasteiger partial charge on any atom is -0.465 e. The van der Waals surface area contributed by atoms with Crippen molar-refractivity contribution in [2.75, 3.05) is 7.11 Å². The Morgan fingerprint density at radius 3 is 2.54 bits per heavy atom. The number of methoxy groups -OCH3 is 1. The molecule has 0 saturated heterocycles. The van der Waals surface area contributed by atoms with Crippen LogP contribution in [-0.4, -0.2) is 24.0 Å². The van der Waals surface area contributed by atoms with Crippen LogP contribution in [0.3, 0.4) is 0 Å². The summed E-state index contributed by atoms with van der Waals surface area (Å²) in [5.74, 6) is -0.938. The van der Waals surface area contributed by atoms with E-state index >= 15 is 0 Å². The first-order chi connectivity index (χ1) is 12.5. The fourth-order valence-electron chi connectivity index (χ4n) is 2.49. The first-order valence-electron chi connectivity index (χ1n) is 7.76. The second-order valence-corrected chi connectivity index (χ2v) is 6.04. The normalized spacial score (nSPS) is 10.5. The van der Waals surface area contributed by atoms with E-state index in [1.807, 2.05) is 0 Å². The number of halogens is 1. The average Bonchev–Trinajstić information content (AvgIpc) is 2.66. The van der Waals surface area contributed by atoms with Crippen molar-refractivity contribution in [1.29, 1.82) is 0 Å². The lowest BCUT2D eigenvalue weighted by Crippen LogP contribution is -2.25. The van der Waals surface area contributed by atoms with Crippen LogP contribution in [0.2, 0.25) is 5.02 Å². The molecule has 2 aromatic carbocycles. The molecule has 0 unspecified atom stereocenters. The fourth-order valence-corrected chi connectivity index (χ4v) is 2.62. The van der Waals surface area contributed by atoms with Gasteiger partial charge in [-0.05, 0) is 35.9 Å². The number of benzene rings is 2. The Bertz CT molecular complexity index is 1040. The summed E-state index contributed by atoms with van der Waals surface area (Å²) >= 11 is 5.83. The topological polar surface area (TPSA) is 88.3 Å². The van der Waals surface area contributed by atoms with Crippen LogP contribution in [-0.2, 0) is 11.3 Å². The molecule has 3 rings (SSSR count). The van der Waals surface area contributed by atoms with Crippen molar-refractivity contribution in [2.24, 2.45) is 0 Å². The SMILES string of the molecule is COC(=O)c1ccc2[nH]c(C(=O)NCc3ccc(Cl)cc3)cc(=O)c2c1. The largest absolute Gasteiger partial charge is 0.465 e. The third-order valence-corrected chi connectivity index (χ3v) is 4.11. The number of fused-ring (bicyclic) bond motifs is 1. The molecule has 0 atom stereocenters. The number of hydrogen-bond acceptors (Lipinski definition) is 4. The molecule has 3 aromatic rings. The number of pyridine rings is 1. The summed E-state index contributed by atoms with van der Waals surface area (Å²) in [6.07, 6.45) is 0. The van der Waals surface area contributed by atoms with Crippen molar-refractivity contribution in [1.82, 2.24) is 10.3 Å². The summed E-state index contributed by atoms with van der Waals surface area (Å²) in [5, 5.41) is 3.66. The van der Waals surface area contributed by atoms with E-state index in [2.05, 4.69) is 15.0 Å². The van der Waals surface area contributed by atoms with E-state index in [9.17, 15) is 14.4 Å². The standard InChI is InChI=1S/C19H15ClN2O4/c1-26-19(25)12-4-7-15-14(8-12)17(23)9-16(22-15)18(24)21-10-11-2-5-13(20)6-3-11/h2-9H,10H2,1H3,(H,21,24)(H,22,23). The molecule has 0 bridgehead atoms. The summed E-state index contributed by atoms with van der Waals surface area (Å²) in [6.45, 7) is 0.303. The maximum absolute atomic E-state index is 12.3. The highest BCUT2D eigenvalue weighted by Gasteiger charge is 2.12. The molecule has 132 valence electrons. The molecular weight excluding hydrogens is 356 g/mol. The quantitative estimate of drug-likeness (QED) is 0.691. The zero-order chi connectivity index (χ0) is 18.7. The van der Waals surface area contributed by atoms with Crippen LogP contribution in [0, 0.1) is 0 Å². The van der Waals surface area contributed by atoms with Crippen molar-refractivity contribution in [2.45, 2.75) is 6.54 Å². The van der Waals surface area contributed by atoms with Gasteiger partial charge in [0.05, 0.1) is 12.7 Å². The molecule has 0 aliphatic heterocycles. The van der Waals surface area contributed by atoms with Crippen molar-refractivity contribution < 1.29 is 14.3 Å². The van der Waals surface area contributed by atoms with E-state index in [1.54, 1.807) is 30.3 Å². The Labute approximate surface area is 153 Å². The van der Waals surface area contributed by atoms with Gasteiger partial charge in [-0.1, -0.05) is 23.7 Å². The number of aromatic amines is 1. The van der Waals surface area contributed by atoms with E-state index in [-0.39, 0.29) is 16.7 Å². The minimum atomic E-state index is -0.531. The van der Waals surface area contributed by atoms with Gasteiger partial charge in [-0.2, -0.15) is 0 Å². The molecule has 0 fully saturated rings. The third kappa shape index (κ3) is 3.75. The third-order valence-electron chi connectivity index (χ3n) is 3.86. The van der Waals surface area contributed by atoms with Gasteiger partial charge in [0.25, 0.3) is 5.91 Å². The van der Waals surface area contributed by atoms with Crippen molar-refractivity contribution in [3.63, 3.8) is 0 Å². The molecule has 1 aromatic heterocycles. The number of nitrogens with one attached hydrogen (secondary N) is 2. The van der Waals surface area contributed by atoms with Crippen LogP contribution in [0.4, 0.5) is 0 Å². The average molecular weight is 371 g/mol. The van der Waals surface area contributed by atoms with Gasteiger partial charge in [-0.3, -0.25) is 9.59 Å². The summed E-state index contributed by atoms with van der Waals surface area (Å²) in [5.41, 5.74) is 1.39. The maximum atomic E-state index is 12.3. The monoisotopic (exact) mass is 370 g/mol. The first kappa shape index (κ1) is 17.7. The van der Waals surface area contributed by atoms with Gasteiger partial charge >= 0.3 is 5.97 Å². The zero-order valence-corrected chi connectivity index (χ0v) is 14.6. The lowest BCUT2D eigenvalue weighted by molar-refractivity contribution is 0.0600. The molecule has 26 heavy (non-hydrogen) atoms. The number of carbonyl (C=O) groups is 2. The highest BCUT2D eigenvalue weighted by Crippen LogP contribution is 2.13. The molecule has 7 heteroatoms. The summed E-state index contributed by atoms with van der Waals surface area (Å²) in [4.78, 5) is 39.1. The van der Waals surface area contributed by atoms with Crippen LogP contribution in [0.15, 0.2) is 53.3 Å². The Hall–Kier alpha value is -3.12. The highest BCUT2D eigenvalue weighted by atomic mass is 35.5. The second-order valence-electron chi connectivity index (χ2n) is 5.61. The molecule has 0 saturated carbocycles.